The maximum atomic E-state index is 15.7. The van der Waals surface area contributed by atoms with Gasteiger partial charge in [0.15, 0.2) is 0 Å². The number of halogens is 1. The van der Waals surface area contributed by atoms with Gasteiger partial charge in [-0.3, -0.25) is 9.78 Å². The van der Waals surface area contributed by atoms with Crippen LogP contribution in [-0.4, -0.2) is 46.7 Å². The molecule has 0 radical (unpaired) electrons. The number of anilines is 1. The van der Waals surface area contributed by atoms with Gasteiger partial charge < -0.3 is 25.0 Å². The quantitative estimate of drug-likeness (QED) is 0.170. The largest absolute Gasteiger partial charge is 0.445 e. The third-order valence-corrected chi connectivity index (χ3v) is 9.32. The first kappa shape index (κ1) is 38.0. The molecule has 4 aromatic rings. The van der Waals surface area contributed by atoms with Crippen molar-refractivity contribution in [3.05, 3.63) is 108 Å². The normalized spacial score (nSPS) is 16.1. The zero-order valence-electron chi connectivity index (χ0n) is 30.9. The highest BCUT2D eigenvalue weighted by Gasteiger charge is 2.30. The van der Waals surface area contributed by atoms with E-state index in [1.807, 2.05) is 66.7 Å². The summed E-state index contributed by atoms with van der Waals surface area (Å²) >= 11 is 0. The van der Waals surface area contributed by atoms with E-state index in [9.17, 15) is 14.4 Å². The van der Waals surface area contributed by atoms with Gasteiger partial charge in [0.25, 0.3) is 0 Å². The molecular weight excluding hydrogens is 659 g/mol. The predicted octanol–water partition coefficient (Wildman–Crippen LogP) is 9.47. The summed E-state index contributed by atoms with van der Waals surface area (Å²) in [7, 11) is 1.78. The number of pyridine rings is 1. The van der Waals surface area contributed by atoms with Gasteiger partial charge in [-0.2, -0.15) is 0 Å². The Kier molecular flexibility index (Phi) is 12.0. The molecule has 1 fully saturated rings. The van der Waals surface area contributed by atoms with Gasteiger partial charge in [-0.05, 0) is 89.5 Å². The fraction of sp³-hybridized carbons (Fsp3) is 0.381. The Balaban J connectivity index is 1.23. The maximum absolute atomic E-state index is 15.7. The van der Waals surface area contributed by atoms with Crippen LogP contribution in [0.25, 0.3) is 22.4 Å². The van der Waals surface area contributed by atoms with Gasteiger partial charge in [0, 0.05) is 36.2 Å². The van der Waals surface area contributed by atoms with Crippen LogP contribution < -0.4 is 10.6 Å². The number of nitrogens with one attached hydrogen (secondary N) is 2. The van der Waals surface area contributed by atoms with Crippen LogP contribution in [0, 0.1) is 11.7 Å². The molecule has 274 valence electrons. The van der Waals surface area contributed by atoms with Crippen LogP contribution >= 0.6 is 0 Å². The first-order valence-electron chi connectivity index (χ1n) is 17.8. The molecule has 1 aromatic heterocycles. The number of hydrogen-bond donors (Lipinski definition) is 2. The monoisotopic (exact) mass is 708 g/mol. The number of aromatic nitrogens is 1. The molecule has 52 heavy (non-hydrogen) atoms. The van der Waals surface area contributed by atoms with Gasteiger partial charge in [-0.15, -0.1) is 0 Å². The molecule has 0 atom stereocenters. The highest BCUT2D eigenvalue weighted by molar-refractivity contribution is 5.93. The first-order chi connectivity index (χ1) is 24.7. The van der Waals surface area contributed by atoms with Crippen molar-refractivity contribution < 1.29 is 28.2 Å². The third-order valence-electron chi connectivity index (χ3n) is 9.32. The van der Waals surface area contributed by atoms with Crippen molar-refractivity contribution in [2.24, 2.45) is 5.92 Å². The van der Waals surface area contributed by atoms with Crippen molar-refractivity contribution in [1.29, 1.82) is 0 Å². The second-order valence-corrected chi connectivity index (χ2v) is 15.0. The standard InChI is InChI=1S/C42H49FN4O5/c1-41(2,3)52-39(49)46-42(4,5)35-22-19-31(24-36(35)43)38-34(30-15-11-8-12-16-30)25-32(26-44-38)45-37(48)23-28-17-20-33(21-18-28)47(6)40(50)51-27-29-13-9-7-10-14-29/h7-16,19,22,24-26,28,33H,17-18,20-21,23,27H2,1-6H3,(H,45,48)(H,46,49). The summed E-state index contributed by atoms with van der Waals surface area (Å²) in [6.45, 7) is 8.97. The third kappa shape index (κ3) is 10.2. The number of nitrogens with zero attached hydrogens (tertiary/aromatic N) is 2. The molecular formula is C42H49FN4O5. The lowest BCUT2D eigenvalue weighted by Crippen LogP contribution is -2.44. The summed E-state index contributed by atoms with van der Waals surface area (Å²) in [6.07, 6.45) is 4.22. The van der Waals surface area contributed by atoms with E-state index in [1.165, 1.54) is 6.07 Å². The van der Waals surface area contributed by atoms with Gasteiger partial charge in [0.2, 0.25) is 5.91 Å². The van der Waals surface area contributed by atoms with E-state index in [1.54, 1.807) is 64.9 Å². The van der Waals surface area contributed by atoms with Crippen LogP contribution in [-0.2, 0) is 26.4 Å². The number of amides is 3. The minimum absolute atomic E-state index is 0.0685. The van der Waals surface area contributed by atoms with E-state index in [0.717, 1.165) is 42.4 Å². The number of carbonyl (C=O) groups excluding carboxylic acids is 3. The van der Waals surface area contributed by atoms with Crippen molar-refractivity contribution >= 4 is 23.8 Å². The molecule has 0 aliphatic heterocycles. The van der Waals surface area contributed by atoms with Crippen molar-refractivity contribution in [3.8, 4) is 22.4 Å². The summed E-state index contributed by atoms with van der Waals surface area (Å²) < 4.78 is 26.6. The van der Waals surface area contributed by atoms with Crippen LogP contribution in [0.15, 0.2) is 91.1 Å². The van der Waals surface area contributed by atoms with Crippen molar-refractivity contribution in [2.45, 2.75) is 90.5 Å². The summed E-state index contributed by atoms with van der Waals surface area (Å²) in [5.74, 6) is -0.411. The lowest BCUT2D eigenvalue weighted by Gasteiger charge is -2.34. The molecule has 0 bridgehead atoms. The van der Waals surface area contributed by atoms with Crippen molar-refractivity contribution in [1.82, 2.24) is 15.2 Å². The molecule has 2 N–H and O–H groups in total. The maximum Gasteiger partial charge on any atom is 0.410 e. The molecule has 3 aromatic carbocycles. The number of carbonyl (C=O) groups is 3. The molecule has 9 nitrogen and oxygen atoms in total. The van der Waals surface area contributed by atoms with Crippen molar-refractivity contribution in [2.75, 3.05) is 12.4 Å². The highest BCUT2D eigenvalue weighted by Crippen LogP contribution is 2.35. The lowest BCUT2D eigenvalue weighted by molar-refractivity contribution is -0.117. The fourth-order valence-corrected chi connectivity index (χ4v) is 6.58. The van der Waals surface area contributed by atoms with Crippen molar-refractivity contribution in [3.63, 3.8) is 0 Å². The average molecular weight is 709 g/mol. The Hall–Kier alpha value is -5.25. The summed E-state index contributed by atoms with van der Waals surface area (Å²) in [5, 5.41) is 5.79. The van der Waals surface area contributed by atoms with E-state index in [-0.39, 0.29) is 30.6 Å². The molecule has 0 spiro atoms. The molecule has 0 unspecified atom stereocenters. The minimum atomic E-state index is -1.04. The lowest BCUT2D eigenvalue weighted by atomic mass is 9.83. The smallest absolute Gasteiger partial charge is 0.410 e. The van der Waals surface area contributed by atoms with Crippen LogP contribution in [0.1, 0.15) is 77.8 Å². The minimum Gasteiger partial charge on any atom is -0.445 e. The number of rotatable bonds is 10. The van der Waals surface area contributed by atoms with Gasteiger partial charge in [-0.25, -0.2) is 14.0 Å². The highest BCUT2D eigenvalue weighted by atomic mass is 19.1. The molecule has 0 saturated heterocycles. The van der Waals surface area contributed by atoms with Gasteiger partial charge >= 0.3 is 12.2 Å². The summed E-state index contributed by atoms with van der Waals surface area (Å²) in [6, 6.07) is 26.0. The second kappa shape index (κ2) is 16.4. The summed E-state index contributed by atoms with van der Waals surface area (Å²) in [5.41, 5.74) is 2.76. The Morgan fingerprint density at radius 1 is 0.865 bits per heavy atom. The second-order valence-electron chi connectivity index (χ2n) is 15.0. The molecule has 1 aliphatic rings. The Bertz CT molecular complexity index is 1850. The molecule has 1 aliphatic carbocycles. The molecule has 3 amide bonds. The number of ether oxygens (including phenoxy) is 2. The van der Waals surface area contributed by atoms with Crippen LogP contribution in [0.4, 0.5) is 19.7 Å². The zero-order chi connectivity index (χ0) is 37.5. The Morgan fingerprint density at radius 3 is 2.15 bits per heavy atom. The van der Waals surface area contributed by atoms with Crippen LogP contribution in [0.2, 0.25) is 0 Å². The topological polar surface area (TPSA) is 110 Å². The Morgan fingerprint density at radius 2 is 1.52 bits per heavy atom. The Labute approximate surface area is 305 Å². The van der Waals surface area contributed by atoms with Gasteiger partial charge in [0.05, 0.1) is 23.1 Å². The molecule has 10 heteroatoms. The number of benzene rings is 3. The first-order valence-corrected chi connectivity index (χ1v) is 17.8. The SMILES string of the molecule is CN(C(=O)OCc1ccccc1)C1CCC(CC(=O)Nc2cnc(-c3ccc(C(C)(C)NC(=O)OC(C)(C)C)c(F)c3)c(-c3ccccc3)c2)CC1. The van der Waals surface area contributed by atoms with Crippen LogP contribution in [0.5, 0.6) is 0 Å². The molecule has 1 heterocycles. The van der Waals surface area contributed by atoms with E-state index < -0.39 is 23.1 Å². The van der Waals surface area contributed by atoms with E-state index in [2.05, 4.69) is 10.6 Å². The van der Waals surface area contributed by atoms with E-state index in [4.69, 9.17) is 14.5 Å². The van der Waals surface area contributed by atoms with Gasteiger partial charge in [-0.1, -0.05) is 72.8 Å². The predicted molar refractivity (Wildman–Crippen MR) is 201 cm³/mol. The average Bonchev–Trinajstić information content (AvgIpc) is 3.10. The fourth-order valence-electron chi connectivity index (χ4n) is 6.58. The number of hydrogen-bond acceptors (Lipinski definition) is 6. The summed E-state index contributed by atoms with van der Waals surface area (Å²) in [4.78, 5) is 44.8. The van der Waals surface area contributed by atoms with E-state index in [0.29, 0.717) is 28.9 Å². The van der Waals surface area contributed by atoms with E-state index >= 15 is 4.39 Å². The van der Waals surface area contributed by atoms with Crippen LogP contribution in [0.3, 0.4) is 0 Å². The number of alkyl carbamates (subject to hydrolysis) is 1. The molecule has 5 rings (SSSR count). The van der Waals surface area contributed by atoms with Gasteiger partial charge in [0.1, 0.15) is 18.0 Å². The molecule has 1 saturated carbocycles. The zero-order valence-corrected chi connectivity index (χ0v) is 30.9.